The van der Waals surface area contributed by atoms with Crippen molar-refractivity contribution < 1.29 is 17.9 Å². The number of thiazole rings is 1. The lowest BCUT2D eigenvalue weighted by atomic mass is 10.6. The third kappa shape index (κ3) is 5.81. The van der Waals surface area contributed by atoms with Gasteiger partial charge in [-0.25, -0.2) is 4.98 Å². The third-order valence-corrected chi connectivity index (χ3v) is 2.39. The molecule has 0 spiro atoms. The van der Waals surface area contributed by atoms with Gasteiger partial charge in [-0.05, 0) is 0 Å². The van der Waals surface area contributed by atoms with Crippen molar-refractivity contribution >= 4 is 28.1 Å². The van der Waals surface area contributed by atoms with Crippen LogP contribution in [0.1, 0.15) is 0 Å². The minimum Gasteiger partial charge on any atom is -0.370 e. The normalized spacial score (nSPS) is 11.7. The number of hydrogen-bond acceptors (Lipinski definition) is 4. The number of rotatable bonds is 5. The Bertz CT molecular complexity index is 305. The summed E-state index contributed by atoms with van der Waals surface area (Å²) in [6.45, 7) is -0.996. The van der Waals surface area contributed by atoms with Crippen LogP contribution < -0.4 is 5.32 Å². The Morgan fingerprint density at radius 1 is 1.53 bits per heavy atom. The van der Waals surface area contributed by atoms with Gasteiger partial charge in [-0.1, -0.05) is 11.6 Å². The number of nitrogens with one attached hydrogen (secondary N) is 1. The van der Waals surface area contributed by atoms with Crippen LogP contribution in [-0.4, -0.2) is 30.9 Å². The maximum Gasteiger partial charge on any atom is 0.411 e. The number of hydrogen-bond donors (Lipinski definition) is 1. The maximum atomic E-state index is 11.6. The molecule has 1 heterocycles. The van der Waals surface area contributed by atoms with Crippen LogP contribution in [0.25, 0.3) is 0 Å². The molecular formula is C7H8ClF3N2OS. The van der Waals surface area contributed by atoms with E-state index in [2.05, 4.69) is 15.0 Å². The van der Waals surface area contributed by atoms with E-state index in [0.29, 0.717) is 10.3 Å². The van der Waals surface area contributed by atoms with Crippen LogP contribution in [-0.2, 0) is 4.74 Å². The molecule has 8 heteroatoms. The highest BCUT2D eigenvalue weighted by molar-refractivity contribution is 7.14. The predicted octanol–water partition coefficient (Wildman–Crippen LogP) is 2.79. The molecule has 0 saturated carbocycles. The fraction of sp³-hybridized carbons (Fsp3) is 0.571. The van der Waals surface area contributed by atoms with Crippen LogP contribution in [0.2, 0.25) is 5.15 Å². The summed E-state index contributed by atoms with van der Waals surface area (Å²) < 4.78 is 39.3. The number of halogens is 4. The summed E-state index contributed by atoms with van der Waals surface area (Å²) in [6.07, 6.45) is -4.27. The van der Waals surface area contributed by atoms with Crippen molar-refractivity contribution in [1.29, 1.82) is 0 Å². The third-order valence-electron chi connectivity index (χ3n) is 1.26. The van der Waals surface area contributed by atoms with Crippen LogP contribution in [0.5, 0.6) is 0 Å². The van der Waals surface area contributed by atoms with E-state index in [-0.39, 0.29) is 13.2 Å². The van der Waals surface area contributed by atoms with Crippen molar-refractivity contribution in [3.05, 3.63) is 10.5 Å². The molecule has 1 aromatic rings. The monoisotopic (exact) mass is 260 g/mol. The topological polar surface area (TPSA) is 34.1 Å². The van der Waals surface area contributed by atoms with E-state index < -0.39 is 12.8 Å². The molecule has 0 amide bonds. The zero-order valence-electron chi connectivity index (χ0n) is 7.47. The number of aromatic nitrogens is 1. The summed E-state index contributed by atoms with van der Waals surface area (Å²) in [5.74, 6) is 0. The SMILES string of the molecule is FC(F)(F)COCCNc1nc(Cl)cs1. The molecule has 0 atom stereocenters. The molecule has 0 fully saturated rings. The number of ether oxygens (including phenoxy) is 1. The molecule has 0 saturated heterocycles. The number of nitrogens with zero attached hydrogens (tertiary/aromatic N) is 1. The van der Waals surface area contributed by atoms with Crippen molar-refractivity contribution in [2.45, 2.75) is 6.18 Å². The van der Waals surface area contributed by atoms with Crippen LogP contribution in [0.15, 0.2) is 5.38 Å². The van der Waals surface area contributed by atoms with Gasteiger partial charge < -0.3 is 10.1 Å². The van der Waals surface area contributed by atoms with E-state index in [1.165, 1.54) is 11.3 Å². The average molecular weight is 261 g/mol. The molecule has 3 nitrogen and oxygen atoms in total. The Hall–Kier alpha value is -0.530. The maximum absolute atomic E-state index is 11.6. The zero-order chi connectivity index (χ0) is 11.3. The van der Waals surface area contributed by atoms with Crippen molar-refractivity contribution in [3.8, 4) is 0 Å². The molecule has 1 N–H and O–H groups in total. The van der Waals surface area contributed by atoms with Crippen molar-refractivity contribution in [3.63, 3.8) is 0 Å². The molecule has 1 rings (SSSR count). The lowest BCUT2D eigenvalue weighted by Gasteiger charge is -2.07. The van der Waals surface area contributed by atoms with Gasteiger partial charge in [0.1, 0.15) is 11.8 Å². The second-order valence-electron chi connectivity index (χ2n) is 2.57. The lowest BCUT2D eigenvalue weighted by molar-refractivity contribution is -0.172. The first-order chi connectivity index (χ1) is 6.97. The highest BCUT2D eigenvalue weighted by Gasteiger charge is 2.27. The van der Waals surface area contributed by atoms with Gasteiger partial charge in [0.05, 0.1) is 6.61 Å². The number of alkyl halides is 3. The summed E-state index contributed by atoms with van der Waals surface area (Å²) in [5.41, 5.74) is 0. The Morgan fingerprint density at radius 3 is 2.80 bits per heavy atom. The second-order valence-corrected chi connectivity index (χ2v) is 3.82. The van der Waals surface area contributed by atoms with Gasteiger partial charge in [0.2, 0.25) is 0 Å². The Labute approximate surface area is 93.2 Å². The zero-order valence-corrected chi connectivity index (χ0v) is 9.05. The van der Waals surface area contributed by atoms with E-state index in [0.717, 1.165) is 0 Å². The highest BCUT2D eigenvalue weighted by Crippen LogP contribution is 2.18. The van der Waals surface area contributed by atoms with Gasteiger partial charge in [0.15, 0.2) is 5.13 Å². The molecule has 15 heavy (non-hydrogen) atoms. The fourth-order valence-electron chi connectivity index (χ4n) is 0.753. The van der Waals surface area contributed by atoms with Crippen molar-refractivity contribution in [2.24, 2.45) is 0 Å². The largest absolute Gasteiger partial charge is 0.411 e. The van der Waals surface area contributed by atoms with Crippen LogP contribution in [0, 0.1) is 0 Å². The molecule has 0 aliphatic carbocycles. The van der Waals surface area contributed by atoms with Gasteiger partial charge in [-0.2, -0.15) is 13.2 Å². The average Bonchev–Trinajstić information content (AvgIpc) is 2.49. The van der Waals surface area contributed by atoms with E-state index in [9.17, 15) is 13.2 Å². The first-order valence-corrected chi connectivity index (χ1v) is 5.22. The molecule has 0 aromatic carbocycles. The summed E-state index contributed by atoms with van der Waals surface area (Å²) in [7, 11) is 0. The van der Waals surface area contributed by atoms with Crippen LogP contribution >= 0.6 is 22.9 Å². The molecule has 0 bridgehead atoms. The predicted molar refractivity (Wildman–Crippen MR) is 52.5 cm³/mol. The minimum atomic E-state index is -4.27. The van der Waals surface area contributed by atoms with Gasteiger partial charge >= 0.3 is 6.18 Å². The van der Waals surface area contributed by atoms with E-state index in [4.69, 9.17) is 11.6 Å². The first-order valence-electron chi connectivity index (χ1n) is 3.97. The summed E-state index contributed by atoms with van der Waals surface area (Å²) in [5, 5.41) is 5.33. The molecular weight excluding hydrogens is 253 g/mol. The quantitative estimate of drug-likeness (QED) is 0.827. The first kappa shape index (κ1) is 12.5. The summed E-state index contributed by atoms with van der Waals surface area (Å²) >= 11 is 6.82. The molecule has 0 aliphatic heterocycles. The second kappa shape index (κ2) is 5.53. The number of anilines is 1. The van der Waals surface area contributed by atoms with Crippen LogP contribution in [0.4, 0.5) is 18.3 Å². The molecule has 0 aliphatic rings. The fourth-order valence-corrected chi connectivity index (χ4v) is 1.62. The van der Waals surface area contributed by atoms with E-state index in [1.54, 1.807) is 5.38 Å². The van der Waals surface area contributed by atoms with Gasteiger partial charge in [-0.15, -0.1) is 11.3 Å². The van der Waals surface area contributed by atoms with E-state index in [1.807, 2.05) is 0 Å². The van der Waals surface area contributed by atoms with Gasteiger partial charge in [0, 0.05) is 11.9 Å². The molecule has 0 radical (unpaired) electrons. The standard InChI is InChI=1S/C7H8ClF3N2OS/c8-5-3-15-6(13-5)12-1-2-14-4-7(9,10)11/h3H,1-2,4H2,(H,12,13). The Balaban J connectivity index is 2.07. The smallest absolute Gasteiger partial charge is 0.370 e. The Morgan fingerprint density at radius 2 is 2.27 bits per heavy atom. The Kier molecular flexibility index (Phi) is 4.62. The lowest BCUT2D eigenvalue weighted by Crippen LogP contribution is -2.20. The summed E-state index contributed by atoms with van der Waals surface area (Å²) in [4.78, 5) is 3.85. The molecule has 1 aromatic heterocycles. The van der Waals surface area contributed by atoms with Gasteiger partial charge in [-0.3, -0.25) is 0 Å². The molecule has 0 unspecified atom stereocenters. The van der Waals surface area contributed by atoms with Gasteiger partial charge in [0.25, 0.3) is 0 Å². The van der Waals surface area contributed by atoms with E-state index >= 15 is 0 Å². The van der Waals surface area contributed by atoms with Crippen molar-refractivity contribution in [1.82, 2.24) is 4.98 Å². The van der Waals surface area contributed by atoms with Crippen LogP contribution in [0.3, 0.4) is 0 Å². The molecule has 86 valence electrons. The minimum absolute atomic E-state index is 0.0310. The summed E-state index contributed by atoms with van der Waals surface area (Å²) in [6, 6.07) is 0. The van der Waals surface area contributed by atoms with Crippen molar-refractivity contribution in [2.75, 3.05) is 25.1 Å². The highest BCUT2D eigenvalue weighted by atomic mass is 35.5.